The lowest BCUT2D eigenvalue weighted by atomic mass is 10.1. The van der Waals surface area contributed by atoms with Crippen molar-refractivity contribution in [3.63, 3.8) is 0 Å². The van der Waals surface area contributed by atoms with Gasteiger partial charge >= 0.3 is 5.97 Å². The van der Waals surface area contributed by atoms with Crippen molar-refractivity contribution in [2.45, 2.75) is 33.1 Å². The van der Waals surface area contributed by atoms with E-state index < -0.39 is 0 Å². The summed E-state index contributed by atoms with van der Waals surface area (Å²) in [5.74, 6) is 1.89. The lowest BCUT2D eigenvalue weighted by Crippen LogP contribution is -2.46. The maximum absolute atomic E-state index is 12.5. The van der Waals surface area contributed by atoms with Gasteiger partial charge in [-0.05, 0) is 55.8 Å². The van der Waals surface area contributed by atoms with Crippen molar-refractivity contribution in [3.05, 3.63) is 82.5 Å². The predicted molar refractivity (Wildman–Crippen MR) is 141 cm³/mol. The zero-order valence-corrected chi connectivity index (χ0v) is 21.7. The van der Waals surface area contributed by atoms with Crippen molar-refractivity contribution in [1.29, 1.82) is 0 Å². The normalized spacial score (nSPS) is 14.1. The van der Waals surface area contributed by atoms with E-state index in [9.17, 15) is 4.79 Å². The zero-order valence-electron chi connectivity index (χ0n) is 20.9. The molecule has 1 aromatic heterocycles. The molecule has 0 radical (unpaired) electrons. The van der Waals surface area contributed by atoms with Crippen molar-refractivity contribution in [3.8, 4) is 11.5 Å². The van der Waals surface area contributed by atoms with Crippen LogP contribution in [0.25, 0.3) is 0 Å². The lowest BCUT2D eigenvalue weighted by Gasteiger charge is -2.36. The van der Waals surface area contributed by atoms with Gasteiger partial charge in [0, 0.05) is 49.5 Å². The van der Waals surface area contributed by atoms with Crippen LogP contribution in [0.4, 0.5) is 5.82 Å². The maximum atomic E-state index is 12.5. The third-order valence-corrected chi connectivity index (χ3v) is 6.23. The smallest absolute Gasteiger partial charge is 0.342 e. The van der Waals surface area contributed by atoms with Crippen molar-refractivity contribution in [2.75, 3.05) is 38.2 Å². The summed E-state index contributed by atoms with van der Waals surface area (Å²) in [7, 11) is 1.62. The van der Waals surface area contributed by atoms with Crippen LogP contribution in [-0.4, -0.2) is 55.2 Å². The fraction of sp³-hybridized carbons (Fsp3) is 0.357. The number of pyridine rings is 1. The summed E-state index contributed by atoms with van der Waals surface area (Å²) in [6.07, 6.45) is 1.56. The summed E-state index contributed by atoms with van der Waals surface area (Å²) >= 11 is 6.04. The number of benzene rings is 2. The Morgan fingerprint density at radius 3 is 2.50 bits per heavy atom. The zero-order chi connectivity index (χ0) is 25.5. The number of rotatable bonds is 9. The first-order valence-corrected chi connectivity index (χ1v) is 12.5. The summed E-state index contributed by atoms with van der Waals surface area (Å²) in [5, 5.41) is 0.634. The quantitative estimate of drug-likeness (QED) is 0.367. The van der Waals surface area contributed by atoms with Gasteiger partial charge < -0.3 is 19.1 Å². The van der Waals surface area contributed by atoms with Gasteiger partial charge in [-0.3, -0.25) is 4.90 Å². The van der Waals surface area contributed by atoms with E-state index in [2.05, 4.69) is 26.9 Å². The minimum Gasteiger partial charge on any atom is -0.496 e. The highest BCUT2D eigenvalue weighted by atomic mass is 35.5. The first-order chi connectivity index (χ1) is 17.4. The number of piperazine rings is 1. The minimum atomic E-state index is -0.327. The van der Waals surface area contributed by atoms with E-state index >= 15 is 0 Å². The van der Waals surface area contributed by atoms with Crippen LogP contribution in [0.2, 0.25) is 5.02 Å². The van der Waals surface area contributed by atoms with Crippen molar-refractivity contribution in [2.24, 2.45) is 0 Å². The topological polar surface area (TPSA) is 64.1 Å². The Morgan fingerprint density at radius 2 is 1.81 bits per heavy atom. The van der Waals surface area contributed by atoms with Crippen LogP contribution in [0.5, 0.6) is 11.5 Å². The predicted octanol–water partition coefficient (Wildman–Crippen LogP) is 5.21. The molecule has 0 aliphatic carbocycles. The number of hydrogen-bond acceptors (Lipinski definition) is 7. The van der Waals surface area contributed by atoms with Gasteiger partial charge in [0.25, 0.3) is 0 Å². The van der Waals surface area contributed by atoms with Crippen molar-refractivity contribution in [1.82, 2.24) is 9.88 Å². The molecule has 0 bridgehead atoms. The van der Waals surface area contributed by atoms with Crippen LogP contribution in [0.15, 0.2) is 60.8 Å². The van der Waals surface area contributed by atoms with E-state index in [0.29, 0.717) is 28.8 Å². The second-order valence-corrected chi connectivity index (χ2v) is 9.42. The molecule has 190 valence electrons. The fourth-order valence-corrected chi connectivity index (χ4v) is 4.31. The average Bonchev–Trinajstić information content (AvgIpc) is 2.89. The van der Waals surface area contributed by atoms with Gasteiger partial charge in [-0.2, -0.15) is 0 Å². The molecule has 0 spiro atoms. The monoisotopic (exact) mass is 509 g/mol. The molecule has 0 N–H and O–H groups in total. The molecule has 0 saturated carbocycles. The largest absolute Gasteiger partial charge is 0.496 e. The van der Waals surface area contributed by atoms with Gasteiger partial charge in [-0.1, -0.05) is 29.8 Å². The molecule has 1 aliphatic rings. The second kappa shape index (κ2) is 12.1. The Kier molecular flexibility index (Phi) is 8.67. The molecule has 2 heterocycles. The molecule has 7 nitrogen and oxygen atoms in total. The molecule has 4 rings (SSSR count). The average molecular weight is 510 g/mol. The van der Waals surface area contributed by atoms with Gasteiger partial charge in [-0.25, -0.2) is 9.78 Å². The maximum Gasteiger partial charge on any atom is 0.342 e. The molecule has 1 saturated heterocycles. The van der Waals surface area contributed by atoms with E-state index in [4.69, 9.17) is 25.8 Å². The number of aromatic nitrogens is 1. The third-order valence-electron chi connectivity index (χ3n) is 5.99. The van der Waals surface area contributed by atoms with Gasteiger partial charge in [0.1, 0.15) is 29.5 Å². The summed E-state index contributed by atoms with van der Waals surface area (Å²) in [6, 6.07) is 17.3. The molecule has 36 heavy (non-hydrogen) atoms. The van der Waals surface area contributed by atoms with E-state index in [0.717, 1.165) is 44.0 Å². The molecule has 1 fully saturated rings. The van der Waals surface area contributed by atoms with Crippen LogP contribution < -0.4 is 14.4 Å². The van der Waals surface area contributed by atoms with E-state index in [1.807, 2.05) is 38.1 Å². The number of ether oxygens (including phenoxy) is 3. The van der Waals surface area contributed by atoms with Crippen molar-refractivity contribution < 1.29 is 19.0 Å². The summed E-state index contributed by atoms with van der Waals surface area (Å²) in [6.45, 7) is 8.30. The summed E-state index contributed by atoms with van der Waals surface area (Å²) in [5.41, 5.74) is 2.68. The van der Waals surface area contributed by atoms with Crippen LogP contribution in [-0.2, 0) is 17.9 Å². The standard InChI is InChI=1S/C28H32ClN3O4/c1-20(2)36-28(33)25-5-4-12-30-27(25)32-15-13-31(14-16-32)18-21-6-10-24(11-7-21)35-19-22-8-9-23(29)17-26(22)34-3/h4-12,17,20H,13-16,18-19H2,1-3H3. The molecule has 3 aromatic rings. The highest BCUT2D eigenvalue weighted by Gasteiger charge is 2.23. The molecule has 0 amide bonds. The molecular weight excluding hydrogens is 478 g/mol. The van der Waals surface area contributed by atoms with E-state index in [-0.39, 0.29) is 12.1 Å². The van der Waals surface area contributed by atoms with Crippen LogP contribution in [0, 0.1) is 0 Å². The Balaban J connectivity index is 1.29. The number of carbonyl (C=O) groups is 1. The number of halogens is 1. The Morgan fingerprint density at radius 1 is 1.06 bits per heavy atom. The molecule has 2 aromatic carbocycles. The summed E-state index contributed by atoms with van der Waals surface area (Å²) in [4.78, 5) is 21.6. The van der Waals surface area contributed by atoms with E-state index in [1.165, 1.54) is 5.56 Å². The Labute approximate surface area is 217 Å². The highest BCUT2D eigenvalue weighted by molar-refractivity contribution is 6.30. The number of hydrogen-bond donors (Lipinski definition) is 0. The first kappa shape index (κ1) is 25.8. The highest BCUT2D eigenvalue weighted by Crippen LogP contribution is 2.25. The van der Waals surface area contributed by atoms with E-state index in [1.54, 1.807) is 31.5 Å². The third kappa shape index (κ3) is 6.68. The molecule has 0 atom stereocenters. The number of esters is 1. The summed E-state index contributed by atoms with van der Waals surface area (Å²) < 4.78 is 16.7. The number of carbonyl (C=O) groups excluding carboxylic acids is 1. The molecular formula is C28H32ClN3O4. The first-order valence-electron chi connectivity index (χ1n) is 12.1. The van der Waals surface area contributed by atoms with Crippen LogP contribution in [0.1, 0.15) is 35.3 Å². The minimum absolute atomic E-state index is 0.167. The number of methoxy groups -OCH3 is 1. The molecule has 1 aliphatic heterocycles. The second-order valence-electron chi connectivity index (χ2n) is 8.98. The number of nitrogens with zero attached hydrogens (tertiary/aromatic N) is 3. The SMILES string of the molecule is COc1cc(Cl)ccc1COc1ccc(CN2CCN(c3ncccc3C(=O)OC(C)C)CC2)cc1. The van der Waals surface area contributed by atoms with Crippen LogP contribution >= 0.6 is 11.6 Å². The van der Waals surface area contributed by atoms with Gasteiger partial charge in [0.05, 0.1) is 13.2 Å². The Bertz CT molecular complexity index is 1160. The fourth-order valence-electron chi connectivity index (χ4n) is 4.15. The molecule has 8 heteroatoms. The van der Waals surface area contributed by atoms with Crippen LogP contribution in [0.3, 0.4) is 0 Å². The van der Waals surface area contributed by atoms with Gasteiger partial charge in [0.2, 0.25) is 0 Å². The van der Waals surface area contributed by atoms with Crippen molar-refractivity contribution >= 4 is 23.4 Å². The van der Waals surface area contributed by atoms with Gasteiger partial charge in [0.15, 0.2) is 0 Å². The lowest BCUT2D eigenvalue weighted by molar-refractivity contribution is 0.0378. The number of anilines is 1. The Hall–Kier alpha value is -3.29. The van der Waals surface area contributed by atoms with Gasteiger partial charge in [-0.15, -0.1) is 0 Å². The molecule has 0 unspecified atom stereocenters.